The monoisotopic (exact) mass is 225 g/mol. The van der Waals surface area contributed by atoms with Gasteiger partial charge in [-0.3, -0.25) is 0 Å². The fraction of sp³-hybridized carbons (Fsp3) is 0.500. The summed E-state index contributed by atoms with van der Waals surface area (Å²) in [4.78, 5) is 18.6. The Balaban J connectivity index is 2.17. The highest BCUT2D eigenvalue weighted by Crippen LogP contribution is 2.41. The molecule has 1 saturated carbocycles. The molecule has 2 rings (SSSR count). The lowest BCUT2D eigenvalue weighted by Crippen LogP contribution is -2.46. The summed E-state index contributed by atoms with van der Waals surface area (Å²) >= 11 is 0. The Morgan fingerprint density at radius 2 is 2.12 bits per heavy atom. The normalized spacial score (nSPS) is 18.9. The molecule has 0 radical (unpaired) electrons. The van der Waals surface area contributed by atoms with Gasteiger partial charge in [-0.1, -0.05) is 0 Å². The van der Waals surface area contributed by atoms with Gasteiger partial charge >= 0.3 is 5.97 Å². The number of rotatable bonds is 4. The Kier molecular flexibility index (Phi) is 2.49. The number of hydrogen-bond donors (Lipinski definition) is 2. The maximum absolute atomic E-state index is 12.6. The first kappa shape index (κ1) is 10.8. The Labute approximate surface area is 91.7 Å². The summed E-state index contributed by atoms with van der Waals surface area (Å²) in [7, 11) is 0. The van der Waals surface area contributed by atoms with Crippen LogP contribution in [0.4, 0.5) is 10.3 Å². The highest BCUT2D eigenvalue weighted by molar-refractivity contribution is 5.82. The molecule has 2 N–H and O–H groups in total. The van der Waals surface area contributed by atoms with Crippen molar-refractivity contribution in [3.8, 4) is 0 Å². The van der Waals surface area contributed by atoms with Crippen molar-refractivity contribution in [1.82, 2.24) is 9.97 Å². The third kappa shape index (κ3) is 1.95. The average molecular weight is 225 g/mol. The second-order valence-corrected chi connectivity index (χ2v) is 4.13. The van der Waals surface area contributed by atoms with Crippen LogP contribution in [0.3, 0.4) is 0 Å². The number of anilines is 1. The van der Waals surface area contributed by atoms with Gasteiger partial charge in [0.15, 0.2) is 5.82 Å². The number of carbonyl (C=O) groups is 1. The SMILES string of the molecule is CC(Nc1ncc(F)cn1)(C(=O)O)C1CC1. The standard InChI is InChI=1S/C10H12FN3O2/c1-10(8(15)16,6-2-3-6)14-9-12-4-7(11)5-13-9/h4-6H,2-3H2,1H3,(H,15,16)(H,12,13,14). The molecule has 0 aromatic carbocycles. The summed E-state index contributed by atoms with van der Waals surface area (Å²) in [5.74, 6) is -1.27. The second kappa shape index (κ2) is 3.70. The lowest BCUT2D eigenvalue weighted by Gasteiger charge is -2.25. The molecule has 1 aromatic rings. The zero-order valence-electron chi connectivity index (χ0n) is 8.77. The molecule has 1 fully saturated rings. The van der Waals surface area contributed by atoms with Crippen molar-refractivity contribution in [1.29, 1.82) is 0 Å². The highest BCUT2D eigenvalue weighted by Gasteiger charge is 2.48. The van der Waals surface area contributed by atoms with Crippen molar-refractivity contribution in [3.63, 3.8) is 0 Å². The Hall–Kier alpha value is -1.72. The van der Waals surface area contributed by atoms with E-state index in [2.05, 4.69) is 15.3 Å². The number of carboxylic acid groups (broad SMARTS) is 1. The van der Waals surface area contributed by atoms with Crippen molar-refractivity contribution in [3.05, 3.63) is 18.2 Å². The van der Waals surface area contributed by atoms with Crippen molar-refractivity contribution in [2.75, 3.05) is 5.32 Å². The Morgan fingerprint density at radius 3 is 2.56 bits per heavy atom. The van der Waals surface area contributed by atoms with Crippen molar-refractivity contribution >= 4 is 11.9 Å². The quantitative estimate of drug-likeness (QED) is 0.807. The van der Waals surface area contributed by atoms with Crippen molar-refractivity contribution < 1.29 is 14.3 Å². The minimum atomic E-state index is -1.07. The molecule has 1 aliphatic carbocycles. The number of halogens is 1. The van der Waals surface area contributed by atoms with Gasteiger partial charge in [0, 0.05) is 0 Å². The van der Waals surface area contributed by atoms with Gasteiger partial charge < -0.3 is 10.4 Å². The van der Waals surface area contributed by atoms with Crippen molar-refractivity contribution in [2.45, 2.75) is 25.3 Å². The van der Waals surface area contributed by atoms with Gasteiger partial charge in [-0.2, -0.15) is 0 Å². The van der Waals surface area contributed by atoms with Crippen molar-refractivity contribution in [2.24, 2.45) is 5.92 Å². The summed E-state index contributed by atoms with van der Waals surface area (Å²) in [6.07, 6.45) is 3.75. The number of hydrogen-bond acceptors (Lipinski definition) is 4. The minimum Gasteiger partial charge on any atom is -0.480 e. The fourth-order valence-corrected chi connectivity index (χ4v) is 1.60. The van der Waals surface area contributed by atoms with E-state index in [9.17, 15) is 9.18 Å². The second-order valence-electron chi connectivity index (χ2n) is 4.13. The molecule has 1 heterocycles. The zero-order chi connectivity index (χ0) is 11.8. The number of aromatic nitrogens is 2. The van der Waals surface area contributed by atoms with Crippen LogP contribution in [-0.2, 0) is 4.79 Å². The van der Waals surface area contributed by atoms with Crippen LogP contribution in [0.2, 0.25) is 0 Å². The van der Waals surface area contributed by atoms with Crippen LogP contribution in [0.1, 0.15) is 19.8 Å². The van der Waals surface area contributed by atoms with E-state index in [0.29, 0.717) is 0 Å². The first-order valence-corrected chi connectivity index (χ1v) is 5.01. The molecule has 0 bridgehead atoms. The molecule has 1 aromatic heterocycles. The van der Waals surface area contributed by atoms with E-state index < -0.39 is 17.3 Å². The lowest BCUT2D eigenvalue weighted by molar-refractivity contribution is -0.142. The van der Waals surface area contributed by atoms with E-state index in [1.54, 1.807) is 6.92 Å². The first-order valence-electron chi connectivity index (χ1n) is 5.01. The molecule has 1 atom stereocenters. The van der Waals surface area contributed by atoms with Crippen LogP contribution in [0, 0.1) is 11.7 Å². The van der Waals surface area contributed by atoms with Crippen LogP contribution < -0.4 is 5.32 Å². The van der Waals surface area contributed by atoms with Gasteiger partial charge in [0.05, 0.1) is 12.4 Å². The molecular weight excluding hydrogens is 213 g/mol. The van der Waals surface area contributed by atoms with Crippen LogP contribution in [0.25, 0.3) is 0 Å². The van der Waals surface area contributed by atoms with Gasteiger partial charge in [0.25, 0.3) is 0 Å². The first-order chi connectivity index (χ1) is 7.52. The number of nitrogens with zero attached hydrogens (tertiary/aromatic N) is 2. The van der Waals surface area contributed by atoms with E-state index in [-0.39, 0.29) is 11.9 Å². The predicted octanol–water partition coefficient (Wildman–Crippen LogP) is 1.28. The number of aliphatic carboxylic acids is 1. The number of nitrogens with one attached hydrogen (secondary N) is 1. The molecule has 86 valence electrons. The molecule has 0 aliphatic heterocycles. The van der Waals surface area contributed by atoms with E-state index in [0.717, 1.165) is 25.2 Å². The lowest BCUT2D eigenvalue weighted by atomic mass is 9.96. The maximum atomic E-state index is 12.6. The smallest absolute Gasteiger partial charge is 0.329 e. The highest BCUT2D eigenvalue weighted by atomic mass is 19.1. The van der Waals surface area contributed by atoms with Crippen LogP contribution >= 0.6 is 0 Å². The van der Waals surface area contributed by atoms with E-state index in [4.69, 9.17) is 5.11 Å². The van der Waals surface area contributed by atoms with Crippen LogP contribution in [0.5, 0.6) is 0 Å². The molecule has 16 heavy (non-hydrogen) atoms. The third-order valence-electron chi connectivity index (χ3n) is 2.83. The summed E-state index contributed by atoms with van der Waals surface area (Å²) in [6.45, 7) is 1.60. The fourth-order valence-electron chi connectivity index (χ4n) is 1.60. The summed E-state index contributed by atoms with van der Waals surface area (Å²) in [6, 6.07) is 0. The van der Waals surface area contributed by atoms with Gasteiger partial charge in [0.1, 0.15) is 5.54 Å². The summed E-state index contributed by atoms with van der Waals surface area (Å²) < 4.78 is 12.6. The van der Waals surface area contributed by atoms with Gasteiger partial charge in [-0.15, -0.1) is 0 Å². The molecular formula is C10H12FN3O2. The average Bonchev–Trinajstić information content (AvgIpc) is 3.04. The van der Waals surface area contributed by atoms with Gasteiger partial charge in [-0.05, 0) is 25.7 Å². The maximum Gasteiger partial charge on any atom is 0.329 e. The summed E-state index contributed by atoms with van der Waals surface area (Å²) in [5, 5.41) is 11.9. The van der Waals surface area contributed by atoms with E-state index in [1.807, 2.05) is 0 Å². The minimum absolute atomic E-state index is 0.0821. The van der Waals surface area contributed by atoms with Gasteiger partial charge in [0.2, 0.25) is 5.95 Å². The molecule has 1 aliphatic rings. The molecule has 5 nitrogen and oxygen atoms in total. The van der Waals surface area contributed by atoms with E-state index in [1.165, 1.54) is 0 Å². The Bertz CT molecular complexity index is 405. The zero-order valence-corrected chi connectivity index (χ0v) is 8.77. The molecule has 0 amide bonds. The predicted molar refractivity (Wildman–Crippen MR) is 54.4 cm³/mol. The molecule has 0 spiro atoms. The van der Waals surface area contributed by atoms with Crippen LogP contribution in [-0.4, -0.2) is 26.6 Å². The Morgan fingerprint density at radius 1 is 1.56 bits per heavy atom. The van der Waals surface area contributed by atoms with Gasteiger partial charge in [-0.25, -0.2) is 19.2 Å². The van der Waals surface area contributed by atoms with E-state index >= 15 is 0 Å². The molecule has 0 saturated heterocycles. The number of carboxylic acids is 1. The topological polar surface area (TPSA) is 75.1 Å². The molecule has 1 unspecified atom stereocenters. The third-order valence-corrected chi connectivity index (χ3v) is 2.83. The van der Waals surface area contributed by atoms with Crippen LogP contribution in [0.15, 0.2) is 12.4 Å². The molecule has 6 heteroatoms. The summed E-state index contributed by atoms with van der Waals surface area (Å²) in [5.41, 5.74) is -1.07. The largest absolute Gasteiger partial charge is 0.480 e.